The normalized spacial score (nSPS) is 10.6. The quantitative estimate of drug-likeness (QED) is 0.906. The van der Waals surface area contributed by atoms with Gasteiger partial charge in [-0.05, 0) is 24.7 Å². The molecule has 0 radical (unpaired) electrons. The Hall–Kier alpha value is -1.46. The first kappa shape index (κ1) is 14.9. The van der Waals surface area contributed by atoms with E-state index >= 15 is 0 Å². The van der Waals surface area contributed by atoms with Gasteiger partial charge in [0.1, 0.15) is 0 Å². The molecular weight excluding hydrogens is 321 g/mol. The lowest BCUT2D eigenvalue weighted by atomic mass is 10.2. The summed E-state index contributed by atoms with van der Waals surface area (Å²) in [4.78, 5) is 5.97. The zero-order valence-corrected chi connectivity index (χ0v) is 13.1. The van der Waals surface area contributed by atoms with Crippen LogP contribution in [0.3, 0.4) is 0 Å². The molecule has 0 aliphatic rings. The monoisotopic (exact) mass is 337 g/mol. The molecule has 2 rings (SSSR count). The highest BCUT2D eigenvalue weighted by molar-refractivity contribution is 9.10. The molecule has 0 spiro atoms. The van der Waals surface area contributed by atoms with Gasteiger partial charge < -0.3 is 10.2 Å². The Morgan fingerprint density at radius 1 is 1.25 bits per heavy atom. The van der Waals surface area contributed by atoms with Crippen LogP contribution in [0.2, 0.25) is 0 Å². The van der Waals surface area contributed by atoms with Crippen molar-refractivity contribution < 1.29 is 4.39 Å². The fraction of sp³-hybridized carbons (Fsp3) is 0.267. The van der Waals surface area contributed by atoms with Crippen LogP contribution in [0.4, 0.5) is 10.2 Å². The molecule has 5 heteroatoms. The van der Waals surface area contributed by atoms with Crippen molar-refractivity contribution >= 4 is 21.7 Å². The molecule has 0 saturated carbocycles. The summed E-state index contributed by atoms with van der Waals surface area (Å²) in [6, 6.07) is 9.61. The first-order valence-corrected chi connectivity index (χ1v) is 7.15. The van der Waals surface area contributed by atoms with E-state index in [1.165, 1.54) is 0 Å². The van der Waals surface area contributed by atoms with Gasteiger partial charge in [-0.3, -0.25) is 0 Å². The Morgan fingerprint density at radius 2 is 2.00 bits per heavy atom. The van der Waals surface area contributed by atoms with Gasteiger partial charge in [0.25, 0.3) is 0 Å². The lowest BCUT2D eigenvalue weighted by Crippen LogP contribution is -2.20. The molecule has 1 aromatic heterocycles. The summed E-state index contributed by atoms with van der Waals surface area (Å²) in [5.41, 5.74) is 1.71. The van der Waals surface area contributed by atoms with E-state index in [2.05, 4.69) is 26.2 Å². The van der Waals surface area contributed by atoms with Crippen molar-refractivity contribution in [1.82, 2.24) is 10.3 Å². The fourth-order valence-corrected chi connectivity index (χ4v) is 2.43. The zero-order chi connectivity index (χ0) is 14.5. The van der Waals surface area contributed by atoms with Crippen LogP contribution in [0.1, 0.15) is 11.1 Å². The summed E-state index contributed by atoms with van der Waals surface area (Å²) in [6.07, 6.45) is 1.64. The Bertz CT molecular complexity index is 589. The second kappa shape index (κ2) is 6.81. The summed E-state index contributed by atoms with van der Waals surface area (Å²) in [5.74, 6) is 0.102. The van der Waals surface area contributed by atoms with Gasteiger partial charge in [0.2, 0.25) is 0 Å². The van der Waals surface area contributed by atoms with Gasteiger partial charge in [-0.2, -0.15) is 0 Å². The van der Waals surface area contributed by atoms with Crippen LogP contribution in [0.15, 0.2) is 41.0 Å². The van der Waals surface area contributed by atoms with Crippen LogP contribution < -0.4 is 10.2 Å². The molecule has 0 aliphatic carbocycles. The topological polar surface area (TPSA) is 28.2 Å². The number of rotatable bonds is 5. The van der Waals surface area contributed by atoms with Crippen LogP contribution in [0, 0.1) is 5.82 Å². The summed E-state index contributed by atoms with van der Waals surface area (Å²) < 4.78 is 15.4. The molecule has 0 unspecified atom stereocenters. The molecule has 0 atom stereocenters. The van der Waals surface area contributed by atoms with E-state index in [0.29, 0.717) is 24.5 Å². The molecule has 0 aliphatic heterocycles. The van der Waals surface area contributed by atoms with Crippen molar-refractivity contribution in [2.75, 3.05) is 19.0 Å². The highest BCUT2D eigenvalue weighted by Gasteiger charge is 2.14. The fourth-order valence-electron chi connectivity index (χ4n) is 2.02. The van der Waals surface area contributed by atoms with Gasteiger partial charge in [0.15, 0.2) is 11.6 Å². The highest BCUT2D eigenvalue weighted by Crippen LogP contribution is 2.23. The third-order valence-corrected chi connectivity index (χ3v) is 3.82. The Morgan fingerprint density at radius 3 is 2.70 bits per heavy atom. The van der Waals surface area contributed by atoms with Crippen LogP contribution in [-0.4, -0.2) is 19.1 Å². The molecule has 20 heavy (non-hydrogen) atoms. The molecule has 2 aromatic rings. The minimum absolute atomic E-state index is 0.267. The second-order valence-electron chi connectivity index (χ2n) is 4.59. The Labute approximate surface area is 127 Å². The van der Waals surface area contributed by atoms with E-state index in [0.717, 1.165) is 10.0 Å². The average Bonchev–Trinajstić information content (AvgIpc) is 2.44. The first-order valence-electron chi connectivity index (χ1n) is 6.36. The van der Waals surface area contributed by atoms with E-state index < -0.39 is 0 Å². The van der Waals surface area contributed by atoms with Crippen molar-refractivity contribution in [2.24, 2.45) is 0 Å². The maximum absolute atomic E-state index is 14.4. The molecule has 0 amide bonds. The first-order chi connectivity index (χ1) is 9.63. The van der Waals surface area contributed by atoms with Crippen molar-refractivity contribution in [3.05, 3.63) is 57.9 Å². The number of hydrogen-bond acceptors (Lipinski definition) is 3. The minimum Gasteiger partial charge on any atom is -0.353 e. The van der Waals surface area contributed by atoms with E-state index in [9.17, 15) is 4.39 Å². The van der Waals surface area contributed by atoms with Crippen molar-refractivity contribution in [2.45, 2.75) is 13.1 Å². The van der Waals surface area contributed by atoms with Gasteiger partial charge in [-0.1, -0.05) is 34.1 Å². The highest BCUT2D eigenvalue weighted by atomic mass is 79.9. The third-order valence-electron chi connectivity index (χ3n) is 3.04. The lowest BCUT2D eigenvalue weighted by molar-refractivity contribution is 0.589. The summed E-state index contributed by atoms with van der Waals surface area (Å²) in [5, 5.41) is 2.96. The number of nitrogens with one attached hydrogen (secondary N) is 1. The number of nitrogens with zero attached hydrogens (tertiary/aromatic N) is 2. The zero-order valence-electron chi connectivity index (χ0n) is 11.5. The molecule has 0 saturated heterocycles. The summed E-state index contributed by atoms with van der Waals surface area (Å²) >= 11 is 3.50. The lowest BCUT2D eigenvalue weighted by Gasteiger charge is -2.20. The summed E-state index contributed by atoms with van der Waals surface area (Å²) in [7, 11) is 3.64. The molecule has 0 bridgehead atoms. The molecule has 1 heterocycles. The Kier molecular flexibility index (Phi) is 5.09. The second-order valence-corrected chi connectivity index (χ2v) is 5.44. The molecule has 0 fully saturated rings. The SMILES string of the molecule is CNCc1ccnc(N(C)Cc2ccccc2Br)c1F. The molecule has 1 N–H and O–H groups in total. The molecule has 3 nitrogen and oxygen atoms in total. The van der Waals surface area contributed by atoms with Crippen LogP contribution in [-0.2, 0) is 13.1 Å². The van der Waals surface area contributed by atoms with Crippen LogP contribution in [0.5, 0.6) is 0 Å². The van der Waals surface area contributed by atoms with Crippen molar-refractivity contribution in [3.8, 4) is 0 Å². The largest absolute Gasteiger partial charge is 0.353 e. The summed E-state index contributed by atoms with van der Waals surface area (Å²) in [6.45, 7) is 1.08. The van der Waals surface area contributed by atoms with E-state index in [4.69, 9.17) is 0 Å². The van der Waals surface area contributed by atoms with Crippen LogP contribution in [0.25, 0.3) is 0 Å². The number of benzene rings is 1. The smallest absolute Gasteiger partial charge is 0.170 e. The third kappa shape index (κ3) is 3.35. The van der Waals surface area contributed by atoms with Crippen molar-refractivity contribution in [1.29, 1.82) is 0 Å². The number of aromatic nitrogens is 1. The van der Waals surface area contributed by atoms with E-state index in [1.54, 1.807) is 19.3 Å². The molecule has 1 aromatic carbocycles. The minimum atomic E-state index is -0.267. The van der Waals surface area contributed by atoms with Gasteiger partial charge in [-0.15, -0.1) is 0 Å². The van der Waals surface area contributed by atoms with Crippen LogP contribution >= 0.6 is 15.9 Å². The van der Waals surface area contributed by atoms with Crippen molar-refractivity contribution in [3.63, 3.8) is 0 Å². The standard InChI is InChI=1S/C15H17BrFN3/c1-18-9-11-7-8-19-15(14(11)17)20(2)10-12-5-3-4-6-13(12)16/h3-8,18H,9-10H2,1-2H3. The maximum Gasteiger partial charge on any atom is 0.170 e. The van der Waals surface area contributed by atoms with Gasteiger partial charge in [0, 0.05) is 36.4 Å². The molecular formula is C15H17BrFN3. The van der Waals surface area contributed by atoms with Gasteiger partial charge >= 0.3 is 0 Å². The number of pyridine rings is 1. The number of halogens is 2. The molecule has 106 valence electrons. The predicted molar refractivity (Wildman–Crippen MR) is 83.2 cm³/mol. The Balaban J connectivity index is 2.23. The van der Waals surface area contributed by atoms with Gasteiger partial charge in [0.05, 0.1) is 0 Å². The number of hydrogen-bond donors (Lipinski definition) is 1. The maximum atomic E-state index is 14.4. The number of anilines is 1. The van der Waals surface area contributed by atoms with E-state index in [-0.39, 0.29) is 5.82 Å². The van der Waals surface area contributed by atoms with Gasteiger partial charge in [-0.25, -0.2) is 9.37 Å². The average molecular weight is 338 g/mol. The van der Waals surface area contributed by atoms with E-state index in [1.807, 2.05) is 36.2 Å². The predicted octanol–water partition coefficient (Wildman–Crippen LogP) is 3.34.